The molecule has 2 aromatic carbocycles. The number of ketones is 1. The van der Waals surface area contributed by atoms with E-state index in [1.54, 1.807) is 0 Å². The third-order valence-corrected chi connectivity index (χ3v) is 7.74. The maximum absolute atomic E-state index is 12.6. The number of ether oxygens (including phenoxy) is 1. The van der Waals surface area contributed by atoms with Gasteiger partial charge in [0.2, 0.25) is 0 Å². The summed E-state index contributed by atoms with van der Waals surface area (Å²) in [5.74, 6) is 2.07. The van der Waals surface area contributed by atoms with Crippen LogP contribution in [0.3, 0.4) is 0 Å². The molecule has 0 aliphatic heterocycles. The molecule has 0 amide bonds. The Morgan fingerprint density at radius 1 is 1.00 bits per heavy atom. The second-order valence-corrected chi connectivity index (χ2v) is 11.0. The van der Waals surface area contributed by atoms with Crippen molar-refractivity contribution in [2.24, 2.45) is 5.92 Å². The Balaban J connectivity index is 1.90. The Labute approximate surface area is 214 Å². The molecular formula is C33H46O2. The molecule has 2 aromatic rings. The van der Waals surface area contributed by atoms with Crippen LogP contribution in [0.1, 0.15) is 115 Å². The van der Waals surface area contributed by atoms with Gasteiger partial charge in [0, 0.05) is 12.8 Å². The molecule has 2 atom stereocenters. The molecule has 1 aliphatic rings. The predicted octanol–water partition coefficient (Wildman–Crippen LogP) is 9.32. The monoisotopic (exact) mass is 474 g/mol. The number of hydrogen-bond donors (Lipinski definition) is 0. The highest BCUT2D eigenvalue weighted by molar-refractivity contribution is 5.80. The van der Waals surface area contributed by atoms with E-state index < -0.39 is 0 Å². The molecule has 0 unspecified atom stereocenters. The molecule has 1 fully saturated rings. The summed E-state index contributed by atoms with van der Waals surface area (Å²) in [6.07, 6.45) is 15.3. The average molecular weight is 475 g/mol. The van der Waals surface area contributed by atoms with Gasteiger partial charge in [-0.2, -0.15) is 0 Å². The summed E-state index contributed by atoms with van der Waals surface area (Å²) in [5.41, 5.74) is 3.83. The van der Waals surface area contributed by atoms with E-state index in [0.29, 0.717) is 31.1 Å². The van der Waals surface area contributed by atoms with Crippen molar-refractivity contribution in [1.82, 2.24) is 0 Å². The standard InChI is InChI=1S/C33H46O2/c1-5-7-9-14-22-33(3,4)28-19-21-30(32(23-28)35-25-26-15-12-10-13-16-26)31-24-29(34)20-18-27(31)17-11-8-6-2/h8,10-13,15-16,19,21,23,27,31H,5-7,9,14,17-18,20,22,24-25H2,1-4H3/b11-8+/t27-,31-/m0/s1. The largest absolute Gasteiger partial charge is 0.489 e. The third-order valence-electron chi connectivity index (χ3n) is 7.74. The van der Waals surface area contributed by atoms with Crippen molar-refractivity contribution in [2.75, 3.05) is 0 Å². The number of benzene rings is 2. The van der Waals surface area contributed by atoms with E-state index in [-0.39, 0.29) is 11.3 Å². The normalized spacial score (nSPS) is 18.8. The topological polar surface area (TPSA) is 26.3 Å². The van der Waals surface area contributed by atoms with Crippen molar-refractivity contribution in [2.45, 2.75) is 110 Å². The van der Waals surface area contributed by atoms with E-state index in [9.17, 15) is 4.79 Å². The Hall–Kier alpha value is -2.35. The quantitative estimate of drug-likeness (QED) is 0.213. The predicted molar refractivity (Wildman–Crippen MR) is 148 cm³/mol. The van der Waals surface area contributed by atoms with Crippen LogP contribution < -0.4 is 4.74 Å². The number of hydrogen-bond acceptors (Lipinski definition) is 2. The molecule has 1 aliphatic carbocycles. The lowest BCUT2D eigenvalue weighted by Gasteiger charge is -2.33. The van der Waals surface area contributed by atoms with Gasteiger partial charge in [-0.05, 0) is 65.7 Å². The molecule has 190 valence electrons. The minimum absolute atomic E-state index is 0.1000. The highest BCUT2D eigenvalue weighted by atomic mass is 16.5. The summed E-state index contributed by atoms with van der Waals surface area (Å²) >= 11 is 0. The lowest BCUT2D eigenvalue weighted by molar-refractivity contribution is -0.121. The molecule has 0 spiro atoms. The minimum atomic E-state index is 0.1000. The molecule has 0 aromatic heterocycles. The number of Topliss-reactive ketones (excluding diaryl/α,β-unsaturated/α-hetero) is 1. The molecule has 35 heavy (non-hydrogen) atoms. The zero-order valence-electron chi connectivity index (χ0n) is 22.5. The number of unbranched alkanes of at least 4 members (excludes halogenated alkanes) is 3. The van der Waals surface area contributed by atoms with Gasteiger partial charge in [-0.3, -0.25) is 4.79 Å². The van der Waals surface area contributed by atoms with Gasteiger partial charge in [0.25, 0.3) is 0 Å². The van der Waals surface area contributed by atoms with Gasteiger partial charge in [-0.1, -0.05) is 108 Å². The first-order valence-electron chi connectivity index (χ1n) is 13.9. The van der Waals surface area contributed by atoms with Crippen LogP contribution in [0.25, 0.3) is 0 Å². The number of carbonyl (C=O) groups is 1. The van der Waals surface area contributed by atoms with Crippen LogP contribution >= 0.6 is 0 Å². The molecule has 0 saturated heterocycles. The van der Waals surface area contributed by atoms with E-state index in [0.717, 1.165) is 25.0 Å². The number of allylic oxidation sites excluding steroid dienone is 2. The molecule has 0 radical (unpaired) electrons. The zero-order valence-corrected chi connectivity index (χ0v) is 22.5. The smallest absolute Gasteiger partial charge is 0.133 e. The first kappa shape index (κ1) is 27.2. The Morgan fingerprint density at radius 3 is 2.54 bits per heavy atom. The van der Waals surface area contributed by atoms with Gasteiger partial charge in [-0.25, -0.2) is 0 Å². The summed E-state index contributed by atoms with van der Waals surface area (Å²) in [4.78, 5) is 12.6. The first-order valence-corrected chi connectivity index (χ1v) is 13.9. The molecule has 0 heterocycles. The van der Waals surface area contributed by atoms with Gasteiger partial charge < -0.3 is 4.74 Å². The molecule has 0 N–H and O–H groups in total. The van der Waals surface area contributed by atoms with Gasteiger partial charge >= 0.3 is 0 Å². The maximum atomic E-state index is 12.6. The highest BCUT2D eigenvalue weighted by Crippen LogP contribution is 2.44. The molecule has 1 saturated carbocycles. The number of rotatable bonds is 13. The zero-order chi connectivity index (χ0) is 25.1. The van der Waals surface area contributed by atoms with E-state index in [1.807, 2.05) is 6.07 Å². The second-order valence-electron chi connectivity index (χ2n) is 11.0. The van der Waals surface area contributed by atoms with Crippen LogP contribution in [0.5, 0.6) is 5.75 Å². The molecule has 2 nitrogen and oxygen atoms in total. The fraction of sp³-hybridized carbons (Fsp3) is 0.545. The Morgan fingerprint density at radius 2 is 1.80 bits per heavy atom. The van der Waals surface area contributed by atoms with Crippen molar-refractivity contribution in [1.29, 1.82) is 0 Å². The van der Waals surface area contributed by atoms with E-state index in [1.165, 1.54) is 48.8 Å². The fourth-order valence-electron chi connectivity index (χ4n) is 5.41. The summed E-state index contributed by atoms with van der Waals surface area (Å²) in [5, 5.41) is 0. The molecular weight excluding hydrogens is 428 g/mol. The SMILES string of the molecule is CC/C=C/C[C@H]1CCC(=O)C[C@@H]1c1ccc(C(C)(C)CCCCCC)cc1OCc1ccccc1. The molecule has 3 rings (SSSR count). The highest BCUT2D eigenvalue weighted by Gasteiger charge is 2.32. The lowest BCUT2D eigenvalue weighted by Crippen LogP contribution is -2.24. The first-order chi connectivity index (χ1) is 16.9. The molecule has 0 bridgehead atoms. The van der Waals surface area contributed by atoms with Crippen LogP contribution in [0, 0.1) is 5.92 Å². The van der Waals surface area contributed by atoms with E-state index in [2.05, 4.69) is 82.3 Å². The summed E-state index contributed by atoms with van der Waals surface area (Å²) in [7, 11) is 0. The van der Waals surface area contributed by atoms with Gasteiger partial charge in [-0.15, -0.1) is 0 Å². The van der Waals surface area contributed by atoms with E-state index >= 15 is 0 Å². The van der Waals surface area contributed by atoms with E-state index in [4.69, 9.17) is 4.74 Å². The van der Waals surface area contributed by atoms with Crippen LogP contribution in [-0.4, -0.2) is 5.78 Å². The summed E-state index contributed by atoms with van der Waals surface area (Å²) in [6.45, 7) is 9.71. The van der Waals surface area contributed by atoms with Crippen molar-refractivity contribution >= 4 is 5.78 Å². The Kier molecular flexibility index (Phi) is 10.6. The third kappa shape index (κ3) is 8.09. The van der Waals surface area contributed by atoms with Crippen LogP contribution in [-0.2, 0) is 16.8 Å². The van der Waals surface area contributed by atoms with Crippen molar-refractivity contribution in [3.05, 3.63) is 77.4 Å². The number of carbonyl (C=O) groups excluding carboxylic acids is 1. The van der Waals surface area contributed by atoms with Crippen LogP contribution in [0.2, 0.25) is 0 Å². The van der Waals surface area contributed by atoms with Crippen molar-refractivity contribution in [3.8, 4) is 5.75 Å². The van der Waals surface area contributed by atoms with Gasteiger partial charge in [0.1, 0.15) is 18.1 Å². The minimum Gasteiger partial charge on any atom is -0.489 e. The van der Waals surface area contributed by atoms with Crippen LogP contribution in [0.15, 0.2) is 60.7 Å². The summed E-state index contributed by atoms with van der Waals surface area (Å²) < 4.78 is 6.54. The van der Waals surface area contributed by atoms with Crippen molar-refractivity contribution < 1.29 is 9.53 Å². The molecule has 2 heteroatoms. The second kappa shape index (κ2) is 13.7. The fourth-order valence-corrected chi connectivity index (χ4v) is 5.41. The van der Waals surface area contributed by atoms with Gasteiger partial charge in [0.05, 0.1) is 0 Å². The van der Waals surface area contributed by atoms with Gasteiger partial charge in [0.15, 0.2) is 0 Å². The maximum Gasteiger partial charge on any atom is 0.133 e. The summed E-state index contributed by atoms with van der Waals surface area (Å²) in [6, 6.07) is 17.3. The Bertz CT molecular complexity index is 941. The lowest BCUT2D eigenvalue weighted by atomic mass is 9.72. The van der Waals surface area contributed by atoms with Crippen molar-refractivity contribution in [3.63, 3.8) is 0 Å². The van der Waals surface area contributed by atoms with Crippen LogP contribution in [0.4, 0.5) is 0 Å². The average Bonchev–Trinajstić information content (AvgIpc) is 2.87.